The minimum atomic E-state index is -0.262. The summed E-state index contributed by atoms with van der Waals surface area (Å²) in [4.78, 5) is 43.5. The van der Waals surface area contributed by atoms with Crippen molar-refractivity contribution in [3.05, 3.63) is 65.4 Å². The molecule has 8 heteroatoms. The molecule has 3 aromatic rings. The third kappa shape index (κ3) is 5.42. The van der Waals surface area contributed by atoms with Gasteiger partial charge in [0.15, 0.2) is 0 Å². The molecule has 0 radical (unpaired) electrons. The summed E-state index contributed by atoms with van der Waals surface area (Å²) in [6.07, 6.45) is 7.33. The second-order valence-corrected chi connectivity index (χ2v) is 9.93. The number of pyridine rings is 1. The summed E-state index contributed by atoms with van der Waals surface area (Å²) in [6.45, 7) is 3.82. The lowest BCUT2D eigenvalue weighted by Gasteiger charge is -2.30. The molecule has 1 fully saturated rings. The van der Waals surface area contributed by atoms with Gasteiger partial charge in [-0.25, -0.2) is 9.97 Å². The van der Waals surface area contributed by atoms with Crippen molar-refractivity contribution in [2.24, 2.45) is 17.0 Å². The van der Waals surface area contributed by atoms with Crippen LogP contribution in [-0.4, -0.2) is 38.5 Å². The van der Waals surface area contributed by atoms with Crippen molar-refractivity contribution in [3.8, 4) is 0 Å². The fourth-order valence-electron chi connectivity index (χ4n) is 5.38. The number of rotatable bonds is 7. The highest BCUT2D eigenvalue weighted by molar-refractivity contribution is 6.02. The quantitative estimate of drug-likeness (QED) is 0.527. The molecule has 0 spiro atoms. The van der Waals surface area contributed by atoms with E-state index in [0.717, 1.165) is 47.9 Å². The standard InChI is InChI=1S/C28H31N5O3/c1-17(34)13-19-7-9-20(10-8-19)27-15-25(33-36-27)24-14-26(32-18(2)31-24)28(35)30-16-21-11-12-29-23-6-4-3-5-22(21)23/h3-6,11-12,14,19-20,27H,7-10,13,15-16H2,1-2H3,(H,30,35). The van der Waals surface area contributed by atoms with Gasteiger partial charge in [0, 0.05) is 31.0 Å². The molecule has 36 heavy (non-hydrogen) atoms. The Kier molecular flexibility index (Phi) is 7.02. The van der Waals surface area contributed by atoms with Gasteiger partial charge < -0.3 is 14.9 Å². The number of nitrogens with one attached hydrogen (secondary N) is 1. The van der Waals surface area contributed by atoms with Crippen molar-refractivity contribution < 1.29 is 14.4 Å². The summed E-state index contributed by atoms with van der Waals surface area (Å²) >= 11 is 0. The SMILES string of the molecule is CC(=O)CC1CCC(C2CC(c3cc(C(=O)NCc4ccnc5ccccc45)nc(C)n3)=NO2)CC1. The Hall–Kier alpha value is -3.68. The number of nitrogens with zero attached hydrogens (tertiary/aromatic N) is 4. The molecule has 0 bridgehead atoms. The number of carbonyl (C=O) groups is 2. The molecule has 2 aliphatic rings. The molecule has 5 rings (SSSR count). The number of Topliss-reactive ketones (excluding diaryl/α,β-unsaturated/α-hetero) is 1. The summed E-state index contributed by atoms with van der Waals surface area (Å²) in [6, 6.07) is 11.5. The Bertz CT molecular complexity index is 1310. The van der Waals surface area contributed by atoms with Crippen molar-refractivity contribution in [2.75, 3.05) is 0 Å². The van der Waals surface area contributed by atoms with E-state index in [9.17, 15) is 9.59 Å². The third-order valence-electron chi connectivity index (χ3n) is 7.23. The Morgan fingerprint density at radius 3 is 2.69 bits per heavy atom. The zero-order valence-electron chi connectivity index (χ0n) is 20.7. The summed E-state index contributed by atoms with van der Waals surface area (Å²) < 4.78 is 0. The molecular weight excluding hydrogens is 454 g/mol. The average molecular weight is 486 g/mol. The average Bonchev–Trinajstić information content (AvgIpc) is 3.37. The van der Waals surface area contributed by atoms with Crippen LogP contribution in [0.1, 0.15) is 73.0 Å². The molecule has 1 aliphatic carbocycles. The van der Waals surface area contributed by atoms with Gasteiger partial charge in [-0.3, -0.25) is 9.78 Å². The molecule has 1 unspecified atom stereocenters. The van der Waals surface area contributed by atoms with Crippen LogP contribution in [-0.2, 0) is 16.2 Å². The highest BCUT2D eigenvalue weighted by Crippen LogP contribution is 2.36. The Morgan fingerprint density at radius 2 is 1.89 bits per heavy atom. The Balaban J connectivity index is 1.22. The minimum Gasteiger partial charge on any atom is -0.391 e. The number of hydrogen-bond donors (Lipinski definition) is 1. The number of fused-ring (bicyclic) bond motifs is 1. The Morgan fingerprint density at radius 1 is 1.08 bits per heavy atom. The maximum absolute atomic E-state index is 13.0. The van der Waals surface area contributed by atoms with Gasteiger partial charge in [-0.2, -0.15) is 0 Å². The van der Waals surface area contributed by atoms with E-state index in [-0.39, 0.29) is 17.8 Å². The summed E-state index contributed by atoms with van der Waals surface area (Å²) in [7, 11) is 0. The molecule has 0 saturated heterocycles. The lowest BCUT2D eigenvalue weighted by molar-refractivity contribution is -0.118. The van der Waals surface area contributed by atoms with Crippen LogP contribution in [0.25, 0.3) is 10.9 Å². The van der Waals surface area contributed by atoms with Crippen LogP contribution < -0.4 is 5.32 Å². The topological polar surface area (TPSA) is 106 Å². The number of ketones is 1. The molecule has 186 valence electrons. The van der Waals surface area contributed by atoms with Gasteiger partial charge in [-0.15, -0.1) is 0 Å². The number of para-hydroxylation sites is 1. The highest BCUT2D eigenvalue weighted by atomic mass is 16.6. The molecule has 1 aromatic carbocycles. The predicted molar refractivity (Wildman–Crippen MR) is 136 cm³/mol. The number of carbonyl (C=O) groups excluding carboxylic acids is 2. The van der Waals surface area contributed by atoms with Crippen molar-refractivity contribution in [2.45, 2.75) is 65.0 Å². The van der Waals surface area contributed by atoms with Gasteiger partial charge >= 0.3 is 0 Å². The van der Waals surface area contributed by atoms with E-state index in [4.69, 9.17) is 4.84 Å². The summed E-state index contributed by atoms with van der Waals surface area (Å²) in [5, 5.41) is 8.32. The minimum absolute atomic E-state index is 0.0193. The fourth-order valence-corrected chi connectivity index (χ4v) is 5.38. The molecular formula is C28H31N5O3. The van der Waals surface area contributed by atoms with Crippen LogP contribution in [0.3, 0.4) is 0 Å². The lowest BCUT2D eigenvalue weighted by atomic mass is 9.77. The van der Waals surface area contributed by atoms with Gasteiger partial charge in [-0.05, 0) is 75.1 Å². The van der Waals surface area contributed by atoms with Crippen LogP contribution >= 0.6 is 0 Å². The van der Waals surface area contributed by atoms with E-state index in [1.807, 2.05) is 30.3 Å². The number of aromatic nitrogens is 3. The number of hydrogen-bond acceptors (Lipinski definition) is 7. The van der Waals surface area contributed by atoms with E-state index in [0.29, 0.717) is 48.4 Å². The van der Waals surface area contributed by atoms with Crippen molar-refractivity contribution >= 4 is 28.3 Å². The molecule has 1 amide bonds. The first-order valence-electron chi connectivity index (χ1n) is 12.7. The zero-order valence-corrected chi connectivity index (χ0v) is 20.7. The maximum Gasteiger partial charge on any atom is 0.270 e. The van der Waals surface area contributed by atoms with Crippen LogP contribution in [0.5, 0.6) is 0 Å². The van der Waals surface area contributed by atoms with Crippen LogP contribution in [0.4, 0.5) is 0 Å². The molecule has 1 atom stereocenters. The van der Waals surface area contributed by atoms with Crippen molar-refractivity contribution in [1.29, 1.82) is 0 Å². The van der Waals surface area contributed by atoms with Gasteiger partial charge in [0.05, 0.1) is 11.2 Å². The zero-order chi connectivity index (χ0) is 25.1. The second kappa shape index (κ2) is 10.5. The number of benzene rings is 1. The number of aryl methyl sites for hydroxylation is 1. The molecule has 1 saturated carbocycles. The van der Waals surface area contributed by atoms with Gasteiger partial charge in [-0.1, -0.05) is 23.4 Å². The first-order valence-corrected chi connectivity index (χ1v) is 12.7. The molecule has 2 aromatic heterocycles. The largest absolute Gasteiger partial charge is 0.391 e. The van der Waals surface area contributed by atoms with Gasteiger partial charge in [0.2, 0.25) is 0 Å². The van der Waals surface area contributed by atoms with Crippen LogP contribution in [0.2, 0.25) is 0 Å². The lowest BCUT2D eigenvalue weighted by Crippen LogP contribution is -2.27. The monoisotopic (exact) mass is 485 g/mol. The molecule has 1 N–H and O–H groups in total. The number of amides is 1. The van der Waals surface area contributed by atoms with Gasteiger partial charge in [0.1, 0.15) is 29.1 Å². The highest BCUT2D eigenvalue weighted by Gasteiger charge is 2.34. The fraction of sp³-hybridized carbons (Fsp3) is 0.429. The first-order chi connectivity index (χ1) is 17.5. The normalized spacial score (nSPS) is 21.6. The van der Waals surface area contributed by atoms with E-state index in [1.54, 1.807) is 26.1 Å². The van der Waals surface area contributed by atoms with Crippen molar-refractivity contribution in [1.82, 2.24) is 20.3 Å². The maximum atomic E-state index is 13.0. The first kappa shape index (κ1) is 24.0. The van der Waals surface area contributed by atoms with E-state index in [1.165, 1.54) is 0 Å². The Labute approximate surface area is 210 Å². The van der Waals surface area contributed by atoms with Gasteiger partial charge in [0.25, 0.3) is 5.91 Å². The smallest absolute Gasteiger partial charge is 0.270 e. The van der Waals surface area contributed by atoms with E-state index >= 15 is 0 Å². The third-order valence-corrected chi connectivity index (χ3v) is 7.23. The van der Waals surface area contributed by atoms with E-state index in [2.05, 4.69) is 25.4 Å². The van der Waals surface area contributed by atoms with Crippen molar-refractivity contribution in [3.63, 3.8) is 0 Å². The summed E-state index contributed by atoms with van der Waals surface area (Å²) in [5.74, 6) is 1.45. The second-order valence-electron chi connectivity index (χ2n) is 9.93. The van der Waals surface area contributed by atoms with Crippen LogP contribution in [0.15, 0.2) is 47.8 Å². The van der Waals surface area contributed by atoms with Crippen LogP contribution in [0, 0.1) is 18.8 Å². The molecule has 1 aliphatic heterocycles. The summed E-state index contributed by atoms with van der Waals surface area (Å²) in [5.41, 5.74) is 3.59. The predicted octanol–water partition coefficient (Wildman–Crippen LogP) is 4.54. The molecule has 8 nitrogen and oxygen atoms in total. The number of oxime groups is 1. The molecule has 3 heterocycles. The van der Waals surface area contributed by atoms with E-state index < -0.39 is 0 Å².